The minimum atomic E-state index is -0.227. The molecule has 1 atom stereocenters. The van der Waals surface area contributed by atoms with E-state index in [0.717, 1.165) is 30.5 Å². The van der Waals surface area contributed by atoms with Crippen molar-refractivity contribution >= 4 is 11.6 Å². The van der Waals surface area contributed by atoms with E-state index in [0.29, 0.717) is 12.2 Å². The van der Waals surface area contributed by atoms with Crippen LogP contribution in [0.15, 0.2) is 18.2 Å². The Morgan fingerprint density at radius 3 is 2.84 bits per heavy atom. The summed E-state index contributed by atoms with van der Waals surface area (Å²) in [6, 6.07) is 5.43. The summed E-state index contributed by atoms with van der Waals surface area (Å²) in [6.45, 7) is 5.42. The summed E-state index contributed by atoms with van der Waals surface area (Å²) in [5.74, 6) is 0.0699. The van der Waals surface area contributed by atoms with E-state index >= 15 is 0 Å². The van der Waals surface area contributed by atoms with E-state index in [1.165, 1.54) is 0 Å². The summed E-state index contributed by atoms with van der Waals surface area (Å²) in [5, 5.41) is 0. The highest BCUT2D eigenvalue weighted by Gasteiger charge is 2.33. The Kier molecular flexibility index (Phi) is 3.80. The van der Waals surface area contributed by atoms with E-state index in [-0.39, 0.29) is 11.5 Å². The first-order chi connectivity index (χ1) is 8.95. The fraction of sp³-hybridized carbons (Fsp3) is 0.533. The van der Waals surface area contributed by atoms with Crippen molar-refractivity contribution in [1.29, 1.82) is 0 Å². The number of anilines is 1. The standard InChI is InChI=1S/C15H22N2O2/c1-11-9-12(16)5-6-13(11)14(18)17-8-4-7-15(2,10-17)19-3/h5-6,9H,4,7-8,10,16H2,1-3H3. The average molecular weight is 262 g/mol. The van der Waals surface area contributed by atoms with Gasteiger partial charge in [-0.15, -0.1) is 0 Å². The van der Waals surface area contributed by atoms with Gasteiger partial charge in [-0.3, -0.25) is 4.79 Å². The lowest BCUT2D eigenvalue weighted by molar-refractivity contribution is -0.0440. The number of nitrogen functional groups attached to an aromatic ring is 1. The number of hydrogen-bond acceptors (Lipinski definition) is 3. The lowest BCUT2D eigenvalue weighted by atomic mass is 9.94. The van der Waals surface area contributed by atoms with Crippen LogP contribution in [0.4, 0.5) is 5.69 Å². The number of benzene rings is 1. The van der Waals surface area contributed by atoms with Crippen molar-refractivity contribution in [3.05, 3.63) is 29.3 Å². The molecule has 1 fully saturated rings. The monoisotopic (exact) mass is 262 g/mol. The summed E-state index contributed by atoms with van der Waals surface area (Å²) in [7, 11) is 1.71. The second-order valence-electron chi connectivity index (χ2n) is 5.56. The zero-order valence-electron chi connectivity index (χ0n) is 11.9. The van der Waals surface area contributed by atoms with Crippen molar-refractivity contribution < 1.29 is 9.53 Å². The van der Waals surface area contributed by atoms with Crippen LogP contribution in [0.5, 0.6) is 0 Å². The molecule has 19 heavy (non-hydrogen) atoms. The number of ether oxygens (including phenoxy) is 1. The minimum absolute atomic E-state index is 0.0699. The molecule has 1 aromatic carbocycles. The van der Waals surface area contributed by atoms with E-state index in [4.69, 9.17) is 10.5 Å². The molecule has 2 rings (SSSR count). The van der Waals surface area contributed by atoms with E-state index in [1.54, 1.807) is 13.2 Å². The predicted molar refractivity (Wildman–Crippen MR) is 76.1 cm³/mol. The molecule has 4 nitrogen and oxygen atoms in total. The number of amides is 1. The first kappa shape index (κ1) is 13.9. The Morgan fingerprint density at radius 2 is 2.21 bits per heavy atom. The molecule has 0 bridgehead atoms. The fourth-order valence-corrected chi connectivity index (χ4v) is 2.64. The van der Waals surface area contributed by atoms with Crippen LogP contribution in [0, 0.1) is 6.92 Å². The number of carbonyl (C=O) groups excluding carboxylic acids is 1. The molecule has 1 saturated heterocycles. The molecule has 1 aliphatic rings. The quantitative estimate of drug-likeness (QED) is 0.831. The van der Waals surface area contributed by atoms with Crippen LogP contribution in [-0.2, 0) is 4.74 Å². The zero-order chi connectivity index (χ0) is 14.0. The Hall–Kier alpha value is -1.55. The van der Waals surface area contributed by atoms with E-state index in [1.807, 2.05) is 24.0 Å². The van der Waals surface area contributed by atoms with Crippen LogP contribution in [0.2, 0.25) is 0 Å². The Balaban J connectivity index is 2.19. The lowest BCUT2D eigenvalue weighted by Crippen LogP contribution is -2.49. The molecule has 0 radical (unpaired) electrons. The van der Waals surface area contributed by atoms with Gasteiger partial charge in [0.1, 0.15) is 0 Å². The van der Waals surface area contributed by atoms with Crippen molar-refractivity contribution in [2.45, 2.75) is 32.3 Å². The largest absolute Gasteiger partial charge is 0.399 e. The van der Waals surface area contributed by atoms with E-state index < -0.39 is 0 Å². The number of rotatable bonds is 2. The third-order valence-electron chi connectivity index (χ3n) is 3.92. The Bertz CT molecular complexity index is 487. The zero-order valence-corrected chi connectivity index (χ0v) is 11.9. The van der Waals surface area contributed by atoms with Crippen molar-refractivity contribution in [3.8, 4) is 0 Å². The summed E-state index contributed by atoms with van der Waals surface area (Å²) in [6.07, 6.45) is 1.97. The summed E-state index contributed by atoms with van der Waals surface area (Å²) >= 11 is 0. The molecule has 0 aliphatic carbocycles. The first-order valence-electron chi connectivity index (χ1n) is 6.66. The van der Waals surface area contributed by atoms with Gasteiger partial charge in [-0.25, -0.2) is 0 Å². The minimum Gasteiger partial charge on any atom is -0.399 e. The SMILES string of the molecule is COC1(C)CCCN(C(=O)c2ccc(N)cc2C)C1. The fourth-order valence-electron chi connectivity index (χ4n) is 2.64. The van der Waals surface area contributed by atoms with Crippen molar-refractivity contribution in [1.82, 2.24) is 4.90 Å². The van der Waals surface area contributed by atoms with Gasteiger partial charge in [-0.1, -0.05) is 0 Å². The van der Waals surface area contributed by atoms with Gasteiger partial charge in [0.15, 0.2) is 0 Å². The number of nitrogens with two attached hydrogens (primary N) is 1. The number of aryl methyl sites for hydroxylation is 1. The number of likely N-dealkylation sites (tertiary alicyclic amines) is 1. The van der Waals surface area contributed by atoms with E-state index in [9.17, 15) is 4.79 Å². The molecule has 1 unspecified atom stereocenters. The molecular weight excluding hydrogens is 240 g/mol. The lowest BCUT2D eigenvalue weighted by Gasteiger charge is -2.39. The molecule has 104 valence electrons. The van der Waals surface area contributed by atoms with Gasteiger partial charge >= 0.3 is 0 Å². The summed E-state index contributed by atoms with van der Waals surface area (Å²) < 4.78 is 5.53. The molecule has 1 amide bonds. The van der Waals surface area contributed by atoms with Gasteiger partial charge in [0.05, 0.1) is 5.60 Å². The molecule has 0 saturated carbocycles. The highest BCUT2D eigenvalue weighted by molar-refractivity contribution is 5.96. The highest BCUT2D eigenvalue weighted by atomic mass is 16.5. The van der Waals surface area contributed by atoms with Crippen LogP contribution in [0.1, 0.15) is 35.7 Å². The van der Waals surface area contributed by atoms with Gasteiger partial charge in [-0.05, 0) is 50.5 Å². The number of methoxy groups -OCH3 is 1. The first-order valence-corrected chi connectivity index (χ1v) is 6.66. The second kappa shape index (κ2) is 5.21. The van der Waals surface area contributed by atoms with Gasteiger partial charge in [0.25, 0.3) is 5.91 Å². The van der Waals surface area contributed by atoms with Crippen molar-refractivity contribution in [2.75, 3.05) is 25.9 Å². The second-order valence-corrected chi connectivity index (χ2v) is 5.56. The molecule has 0 spiro atoms. The number of hydrogen-bond donors (Lipinski definition) is 1. The van der Waals surface area contributed by atoms with Crippen LogP contribution < -0.4 is 5.73 Å². The van der Waals surface area contributed by atoms with E-state index in [2.05, 4.69) is 6.92 Å². The maximum absolute atomic E-state index is 12.6. The van der Waals surface area contributed by atoms with Crippen LogP contribution in [0.25, 0.3) is 0 Å². The van der Waals surface area contributed by atoms with Crippen LogP contribution >= 0.6 is 0 Å². The molecule has 2 N–H and O–H groups in total. The number of carbonyl (C=O) groups is 1. The van der Waals surface area contributed by atoms with Crippen molar-refractivity contribution in [3.63, 3.8) is 0 Å². The molecule has 1 aliphatic heterocycles. The van der Waals surface area contributed by atoms with Gasteiger partial charge in [0, 0.05) is 31.5 Å². The molecule has 1 aromatic rings. The molecule has 4 heteroatoms. The number of piperidine rings is 1. The average Bonchev–Trinajstić information content (AvgIpc) is 2.38. The Labute approximate surface area is 114 Å². The van der Waals surface area contributed by atoms with Crippen LogP contribution in [0.3, 0.4) is 0 Å². The van der Waals surface area contributed by atoms with Crippen LogP contribution in [-0.4, -0.2) is 36.6 Å². The summed E-state index contributed by atoms with van der Waals surface area (Å²) in [4.78, 5) is 14.4. The maximum Gasteiger partial charge on any atom is 0.254 e. The highest BCUT2D eigenvalue weighted by Crippen LogP contribution is 2.25. The van der Waals surface area contributed by atoms with Gasteiger partial charge in [-0.2, -0.15) is 0 Å². The topological polar surface area (TPSA) is 55.6 Å². The smallest absolute Gasteiger partial charge is 0.254 e. The normalized spacial score (nSPS) is 23.4. The van der Waals surface area contributed by atoms with Crippen molar-refractivity contribution in [2.24, 2.45) is 0 Å². The van der Waals surface area contributed by atoms with Gasteiger partial charge in [0.2, 0.25) is 0 Å². The molecule has 0 aromatic heterocycles. The maximum atomic E-state index is 12.6. The molecule has 1 heterocycles. The number of nitrogens with zero attached hydrogens (tertiary/aromatic N) is 1. The molecular formula is C15H22N2O2. The predicted octanol–water partition coefficient (Wildman–Crippen LogP) is 2.22. The third-order valence-corrected chi connectivity index (χ3v) is 3.92. The third kappa shape index (κ3) is 2.89. The Morgan fingerprint density at radius 1 is 1.47 bits per heavy atom. The van der Waals surface area contributed by atoms with Gasteiger partial charge < -0.3 is 15.4 Å². The summed E-state index contributed by atoms with van der Waals surface area (Å²) in [5.41, 5.74) is 7.85.